The highest BCUT2D eigenvalue weighted by atomic mass is 32.2. The first kappa shape index (κ1) is 24.7. The molecule has 0 spiro atoms. The highest BCUT2D eigenvalue weighted by molar-refractivity contribution is 7.99. The third-order valence-electron chi connectivity index (χ3n) is 4.56. The molecule has 34 heavy (non-hydrogen) atoms. The number of amides is 3. The van der Waals surface area contributed by atoms with Gasteiger partial charge in [0.25, 0.3) is 11.6 Å². The fraction of sp³-hybridized carbons (Fsp3) is 0.167. The Morgan fingerprint density at radius 3 is 2.38 bits per heavy atom. The van der Waals surface area contributed by atoms with Crippen LogP contribution in [0.2, 0.25) is 0 Å². The lowest BCUT2D eigenvalue weighted by Crippen LogP contribution is -2.34. The molecule has 0 aliphatic heterocycles. The topological polar surface area (TPSA) is 113 Å². The summed E-state index contributed by atoms with van der Waals surface area (Å²) in [5.41, 5.74) is 1.19. The molecule has 3 aromatic rings. The first-order chi connectivity index (χ1) is 16.2. The molecule has 0 unspecified atom stereocenters. The number of rotatable bonds is 8. The number of nitro benzene ring substituents is 1. The van der Waals surface area contributed by atoms with Crippen LogP contribution in [-0.2, 0) is 6.54 Å². The van der Waals surface area contributed by atoms with Gasteiger partial charge in [0.2, 0.25) is 0 Å². The fourth-order valence-corrected chi connectivity index (χ4v) is 3.90. The largest absolute Gasteiger partial charge is 0.348 e. The van der Waals surface area contributed by atoms with Crippen LogP contribution in [0.1, 0.15) is 29.8 Å². The van der Waals surface area contributed by atoms with Crippen molar-refractivity contribution in [3.63, 3.8) is 0 Å². The van der Waals surface area contributed by atoms with Gasteiger partial charge in [-0.2, -0.15) is 0 Å². The van der Waals surface area contributed by atoms with Crippen LogP contribution in [-0.4, -0.2) is 22.9 Å². The number of benzene rings is 3. The lowest BCUT2D eigenvalue weighted by molar-refractivity contribution is -0.384. The molecular formula is C24H23FN4O4S. The molecule has 0 heterocycles. The number of anilines is 1. The van der Waals surface area contributed by atoms with E-state index in [0.29, 0.717) is 15.5 Å². The molecule has 8 nitrogen and oxygen atoms in total. The smallest absolute Gasteiger partial charge is 0.319 e. The molecule has 0 aliphatic carbocycles. The molecule has 0 aromatic heterocycles. The molecule has 3 rings (SSSR count). The maximum atomic E-state index is 14.1. The Balaban J connectivity index is 1.72. The van der Waals surface area contributed by atoms with Crippen LogP contribution in [0.5, 0.6) is 0 Å². The molecule has 3 amide bonds. The van der Waals surface area contributed by atoms with Crippen LogP contribution < -0.4 is 16.0 Å². The predicted octanol–water partition coefficient (Wildman–Crippen LogP) is 5.35. The maximum Gasteiger partial charge on any atom is 0.319 e. The summed E-state index contributed by atoms with van der Waals surface area (Å²) in [5.74, 6) is -0.978. The summed E-state index contributed by atoms with van der Waals surface area (Å²) in [4.78, 5) is 36.0. The Kier molecular flexibility index (Phi) is 8.20. The van der Waals surface area contributed by atoms with Gasteiger partial charge in [0.15, 0.2) is 0 Å². The second-order valence-electron chi connectivity index (χ2n) is 7.60. The van der Waals surface area contributed by atoms with Gasteiger partial charge in [-0.05, 0) is 49.7 Å². The van der Waals surface area contributed by atoms with E-state index < -0.39 is 16.6 Å². The molecule has 0 atom stereocenters. The number of carbonyl (C=O) groups is 2. The van der Waals surface area contributed by atoms with Gasteiger partial charge in [-0.3, -0.25) is 14.9 Å². The van der Waals surface area contributed by atoms with Crippen LogP contribution >= 0.6 is 11.8 Å². The number of urea groups is 1. The van der Waals surface area contributed by atoms with E-state index in [1.807, 2.05) is 13.8 Å². The molecule has 0 saturated heterocycles. The number of carbonyl (C=O) groups excluding carboxylic acids is 2. The van der Waals surface area contributed by atoms with E-state index in [-0.39, 0.29) is 29.9 Å². The van der Waals surface area contributed by atoms with Crippen molar-refractivity contribution < 1.29 is 18.9 Å². The number of non-ortho nitro benzene ring substituents is 1. The summed E-state index contributed by atoms with van der Waals surface area (Å²) < 4.78 is 14.1. The molecule has 0 radical (unpaired) electrons. The van der Waals surface area contributed by atoms with Gasteiger partial charge in [0.1, 0.15) is 5.82 Å². The van der Waals surface area contributed by atoms with Crippen LogP contribution in [0.15, 0.2) is 76.5 Å². The van der Waals surface area contributed by atoms with Gasteiger partial charge in [-0.1, -0.05) is 36.0 Å². The molecule has 3 N–H and O–H groups in total. The Hall–Kier alpha value is -3.92. The molecule has 0 saturated carbocycles. The third-order valence-corrected chi connectivity index (χ3v) is 5.69. The first-order valence-corrected chi connectivity index (χ1v) is 11.2. The third kappa shape index (κ3) is 6.79. The summed E-state index contributed by atoms with van der Waals surface area (Å²) >= 11 is 1.02. The number of hydrogen-bond donors (Lipinski definition) is 3. The van der Waals surface area contributed by atoms with Gasteiger partial charge in [0.05, 0.1) is 10.5 Å². The molecule has 0 fully saturated rings. The van der Waals surface area contributed by atoms with E-state index in [1.54, 1.807) is 42.5 Å². The number of halogens is 1. The molecular weight excluding hydrogens is 459 g/mol. The van der Waals surface area contributed by atoms with E-state index in [0.717, 1.165) is 17.3 Å². The predicted molar refractivity (Wildman–Crippen MR) is 129 cm³/mol. The summed E-state index contributed by atoms with van der Waals surface area (Å²) in [7, 11) is 0. The summed E-state index contributed by atoms with van der Waals surface area (Å²) in [6.07, 6.45) is 0. The van der Waals surface area contributed by atoms with Crippen LogP contribution in [0, 0.1) is 15.9 Å². The monoisotopic (exact) mass is 482 g/mol. The maximum absolute atomic E-state index is 14.1. The van der Waals surface area contributed by atoms with Crippen molar-refractivity contribution in [2.75, 3.05) is 5.32 Å². The minimum atomic E-state index is -0.588. The molecule has 176 valence electrons. The van der Waals surface area contributed by atoms with Crippen molar-refractivity contribution in [3.05, 3.63) is 93.8 Å². The summed E-state index contributed by atoms with van der Waals surface area (Å²) in [5, 5.41) is 19.4. The van der Waals surface area contributed by atoms with Crippen molar-refractivity contribution >= 4 is 35.1 Å². The second-order valence-corrected chi connectivity index (χ2v) is 8.69. The standard InChI is InChI=1S/C24H23FN4O4S/c1-15(2)27-24(31)28-17-9-7-16(8-10-17)14-26-23(30)19-13-18(29(32)33)11-12-21(19)34-22-6-4-3-5-20(22)25/h3-13,15H,14H2,1-2H3,(H,26,30)(H2,27,28,31). The second kappa shape index (κ2) is 11.3. The zero-order valence-electron chi connectivity index (χ0n) is 18.5. The van der Waals surface area contributed by atoms with E-state index in [4.69, 9.17) is 0 Å². The van der Waals surface area contributed by atoms with E-state index in [9.17, 15) is 24.1 Å². The molecule has 3 aromatic carbocycles. The van der Waals surface area contributed by atoms with E-state index >= 15 is 0 Å². The minimum absolute atomic E-state index is 0.00438. The van der Waals surface area contributed by atoms with Gasteiger partial charge < -0.3 is 16.0 Å². The van der Waals surface area contributed by atoms with E-state index in [1.165, 1.54) is 24.3 Å². The van der Waals surface area contributed by atoms with Crippen molar-refractivity contribution in [2.45, 2.75) is 36.2 Å². The van der Waals surface area contributed by atoms with Crippen molar-refractivity contribution in [2.24, 2.45) is 0 Å². The van der Waals surface area contributed by atoms with Gasteiger partial charge in [0, 0.05) is 40.2 Å². The average Bonchev–Trinajstić information content (AvgIpc) is 2.79. The number of nitrogens with zero attached hydrogens (tertiary/aromatic N) is 1. The van der Waals surface area contributed by atoms with Gasteiger partial charge in [-0.15, -0.1) is 0 Å². The quantitative estimate of drug-likeness (QED) is 0.296. The highest BCUT2D eigenvalue weighted by Gasteiger charge is 2.18. The first-order valence-electron chi connectivity index (χ1n) is 10.4. The Bertz CT molecular complexity index is 1200. The van der Waals surface area contributed by atoms with E-state index in [2.05, 4.69) is 16.0 Å². The zero-order chi connectivity index (χ0) is 24.7. The highest BCUT2D eigenvalue weighted by Crippen LogP contribution is 2.34. The number of nitro groups is 1. The summed E-state index contributed by atoms with van der Waals surface area (Å²) in [6.45, 7) is 3.86. The Labute approximate surface area is 200 Å². The molecule has 0 bridgehead atoms. The van der Waals surface area contributed by atoms with Crippen molar-refractivity contribution in [3.8, 4) is 0 Å². The Morgan fingerprint density at radius 1 is 1.03 bits per heavy atom. The van der Waals surface area contributed by atoms with Crippen LogP contribution in [0.25, 0.3) is 0 Å². The minimum Gasteiger partial charge on any atom is -0.348 e. The van der Waals surface area contributed by atoms with Crippen molar-refractivity contribution in [1.82, 2.24) is 10.6 Å². The lowest BCUT2D eigenvalue weighted by atomic mass is 10.1. The molecule has 0 aliphatic rings. The average molecular weight is 483 g/mol. The molecule has 10 heteroatoms. The SMILES string of the molecule is CC(C)NC(=O)Nc1ccc(CNC(=O)c2cc([N+](=O)[O-])ccc2Sc2ccccc2F)cc1. The van der Waals surface area contributed by atoms with Crippen LogP contribution in [0.3, 0.4) is 0 Å². The zero-order valence-corrected chi connectivity index (χ0v) is 19.3. The summed E-state index contributed by atoms with van der Waals surface area (Å²) in [6, 6.07) is 16.6. The number of nitrogens with one attached hydrogen (secondary N) is 3. The van der Waals surface area contributed by atoms with Crippen molar-refractivity contribution in [1.29, 1.82) is 0 Å². The fourth-order valence-electron chi connectivity index (χ4n) is 2.96. The van der Waals surface area contributed by atoms with Crippen LogP contribution in [0.4, 0.5) is 20.6 Å². The lowest BCUT2D eigenvalue weighted by Gasteiger charge is -2.12. The van der Waals surface area contributed by atoms with Gasteiger partial charge in [-0.25, -0.2) is 9.18 Å². The number of hydrogen-bond acceptors (Lipinski definition) is 5. The van der Waals surface area contributed by atoms with Gasteiger partial charge >= 0.3 is 6.03 Å². The Morgan fingerprint density at radius 2 is 1.74 bits per heavy atom. The normalized spacial score (nSPS) is 10.6.